The molecule has 1 aliphatic heterocycles. The molecule has 1 aliphatic carbocycles. The minimum absolute atomic E-state index is 0.157. The summed E-state index contributed by atoms with van der Waals surface area (Å²) in [5, 5.41) is 3.08. The summed E-state index contributed by atoms with van der Waals surface area (Å²) in [4.78, 5) is 14.5. The largest absolute Gasteiger partial charge is 0.379 e. The Morgan fingerprint density at radius 1 is 1.37 bits per heavy atom. The van der Waals surface area contributed by atoms with Gasteiger partial charge in [0.25, 0.3) is 0 Å². The van der Waals surface area contributed by atoms with Crippen molar-refractivity contribution in [2.45, 2.75) is 32.2 Å². The van der Waals surface area contributed by atoms with Crippen LogP contribution in [-0.2, 0) is 9.53 Å². The summed E-state index contributed by atoms with van der Waals surface area (Å²) in [6, 6.07) is 0.285. The molecule has 0 aromatic carbocycles. The third kappa shape index (κ3) is 4.44. The van der Waals surface area contributed by atoms with Crippen LogP contribution in [0.3, 0.4) is 0 Å². The Balaban J connectivity index is 1.66. The van der Waals surface area contributed by atoms with Gasteiger partial charge in [-0.3, -0.25) is 9.69 Å². The van der Waals surface area contributed by atoms with Gasteiger partial charge in [0.2, 0.25) is 5.91 Å². The van der Waals surface area contributed by atoms with E-state index in [-0.39, 0.29) is 17.9 Å². The van der Waals surface area contributed by atoms with E-state index in [2.05, 4.69) is 17.1 Å². The molecule has 110 valence electrons. The highest BCUT2D eigenvalue weighted by Gasteiger charge is 2.30. The highest BCUT2D eigenvalue weighted by atomic mass is 16.5. The van der Waals surface area contributed by atoms with E-state index in [1.807, 2.05) is 0 Å². The molecule has 0 spiro atoms. The summed E-state index contributed by atoms with van der Waals surface area (Å²) < 4.78 is 5.31. The molecule has 0 bridgehead atoms. The van der Waals surface area contributed by atoms with Crippen LogP contribution >= 0.6 is 0 Å². The fourth-order valence-electron chi connectivity index (χ4n) is 3.12. The fraction of sp³-hybridized carbons (Fsp3) is 0.929. The predicted octanol–water partition coefficient (Wildman–Crippen LogP) is 0.198. The minimum Gasteiger partial charge on any atom is -0.379 e. The van der Waals surface area contributed by atoms with Crippen LogP contribution in [0.2, 0.25) is 0 Å². The average Bonchev–Trinajstić information content (AvgIpc) is 2.39. The molecular formula is C14H27N3O2. The van der Waals surface area contributed by atoms with Gasteiger partial charge in [-0.25, -0.2) is 0 Å². The van der Waals surface area contributed by atoms with Gasteiger partial charge in [-0.1, -0.05) is 6.92 Å². The SMILES string of the molecule is CC1CC(N)CCC1C(=O)NCCN1CCOCC1. The smallest absolute Gasteiger partial charge is 0.223 e. The number of nitrogens with one attached hydrogen (secondary N) is 1. The van der Waals surface area contributed by atoms with Crippen LogP contribution in [0.4, 0.5) is 0 Å². The average molecular weight is 269 g/mol. The summed E-state index contributed by atoms with van der Waals surface area (Å²) in [7, 11) is 0. The van der Waals surface area contributed by atoms with E-state index in [4.69, 9.17) is 10.5 Å². The molecule has 0 aromatic heterocycles. The lowest BCUT2D eigenvalue weighted by Gasteiger charge is -2.32. The van der Waals surface area contributed by atoms with Crippen molar-refractivity contribution in [2.24, 2.45) is 17.6 Å². The number of amides is 1. The maximum absolute atomic E-state index is 12.2. The van der Waals surface area contributed by atoms with E-state index in [1.165, 1.54) is 0 Å². The van der Waals surface area contributed by atoms with Crippen LogP contribution in [0.5, 0.6) is 0 Å². The topological polar surface area (TPSA) is 67.6 Å². The molecule has 3 unspecified atom stereocenters. The van der Waals surface area contributed by atoms with Crippen LogP contribution in [0, 0.1) is 11.8 Å². The van der Waals surface area contributed by atoms with Gasteiger partial charge in [-0.05, 0) is 25.2 Å². The molecule has 5 nitrogen and oxygen atoms in total. The third-order valence-corrected chi connectivity index (χ3v) is 4.38. The first kappa shape index (κ1) is 14.8. The Morgan fingerprint density at radius 3 is 2.79 bits per heavy atom. The van der Waals surface area contributed by atoms with Crippen molar-refractivity contribution >= 4 is 5.91 Å². The van der Waals surface area contributed by atoms with Gasteiger partial charge >= 0.3 is 0 Å². The highest BCUT2D eigenvalue weighted by Crippen LogP contribution is 2.29. The second kappa shape index (κ2) is 7.22. The number of carbonyl (C=O) groups excluding carboxylic acids is 1. The van der Waals surface area contributed by atoms with Crippen LogP contribution < -0.4 is 11.1 Å². The molecule has 0 radical (unpaired) electrons. The summed E-state index contributed by atoms with van der Waals surface area (Å²) in [5.41, 5.74) is 5.93. The lowest BCUT2D eigenvalue weighted by molar-refractivity contribution is -0.127. The second-order valence-corrected chi connectivity index (χ2v) is 5.90. The first-order valence-corrected chi connectivity index (χ1v) is 7.50. The standard InChI is InChI=1S/C14H27N3O2/c1-11-10-12(15)2-3-13(11)14(18)16-4-5-17-6-8-19-9-7-17/h11-13H,2-10,15H2,1H3,(H,16,18). The van der Waals surface area contributed by atoms with Crippen molar-refractivity contribution in [1.82, 2.24) is 10.2 Å². The van der Waals surface area contributed by atoms with E-state index in [9.17, 15) is 4.79 Å². The van der Waals surface area contributed by atoms with Crippen molar-refractivity contribution in [2.75, 3.05) is 39.4 Å². The number of nitrogens with zero attached hydrogens (tertiary/aromatic N) is 1. The molecule has 1 saturated carbocycles. The molecule has 3 N–H and O–H groups in total. The third-order valence-electron chi connectivity index (χ3n) is 4.38. The molecule has 3 atom stereocenters. The van der Waals surface area contributed by atoms with Gasteiger partial charge in [-0.15, -0.1) is 0 Å². The van der Waals surface area contributed by atoms with Crippen molar-refractivity contribution < 1.29 is 9.53 Å². The molecule has 1 heterocycles. The molecular weight excluding hydrogens is 242 g/mol. The Morgan fingerprint density at radius 2 is 2.11 bits per heavy atom. The Hall–Kier alpha value is -0.650. The zero-order valence-electron chi connectivity index (χ0n) is 11.9. The van der Waals surface area contributed by atoms with Gasteiger partial charge in [-0.2, -0.15) is 0 Å². The van der Waals surface area contributed by atoms with Gasteiger partial charge in [0.1, 0.15) is 0 Å². The van der Waals surface area contributed by atoms with Crippen molar-refractivity contribution in [1.29, 1.82) is 0 Å². The lowest BCUT2D eigenvalue weighted by Crippen LogP contribution is -2.44. The van der Waals surface area contributed by atoms with Gasteiger partial charge < -0.3 is 15.8 Å². The molecule has 2 rings (SSSR count). The molecule has 19 heavy (non-hydrogen) atoms. The first-order chi connectivity index (χ1) is 9.16. The summed E-state index contributed by atoms with van der Waals surface area (Å²) in [6.07, 6.45) is 2.89. The van der Waals surface area contributed by atoms with Gasteiger partial charge in [0, 0.05) is 38.1 Å². The maximum Gasteiger partial charge on any atom is 0.223 e. The number of carbonyl (C=O) groups is 1. The Labute approximate surface area is 115 Å². The molecule has 1 amide bonds. The Kier molecular flexibility index (Phi) is 5.60. The second-order valence-electron chi connectivity index (χ2n) is 5.90. The molecule has 0 aromatic rings. The monoisotopic (exact) mass is 269 g/mol. The van der Waals surface area contributed by atoms with Crippen LogP contribution in [0.25, 0.3) is 0 Å². The molecule has 2 aliphatic rings. The van der Waals surface area contributed by atoms with E-state index >= 15 is 0 Å². The maximum atomic E-state index is 12.2. The quantitative estimate of drug-likeness (QED) is 0.765. The van der Waals surface area contributed by atoms with Crippen molar-refractivity contribution in [3.63, 3.8) is 0 Å². The van der Waals surface area contributed by atoms with Crippen LogP contribution in [-0.4, -0.2) is 56.2 Å². The van der Waals surface area contributed by atoms with Crippen molar-refractivity contribution in [3.8, 4) is 0 Å². The zero-order chi connectivity index (χ0) is 13.7. The number of hydrogen-bond donors (Lipinski definition) is 2. The molecule has 2 fully saturated rings. The fourth-order valence-corrected chi connectivity index (χ4v) is 3.12. The summed E-state index contributed by atoms with van der Waals surface area (Å²) >= 11 is 0. The van der Waals surface area contributed by atoms with Gasteiger partial charge in [0.15, 0.2) is 0 Å². The number of hydrogen-bond acceptors (Lipinski definition) is 4. The highest BCUT2D eigenvalue weighted by molar-refractivity contribution is 5.79. The summed E-state index contributed by atoms with van der Waals surface area (Å²) in [5.74, 6) is 0.782. The number of morpholine rings is 1. The normalized spacial score (nSPS) is 33.1. The van der Waals surface area contributed by atoms with E-state index in [0.29, 0.717) is 5.92 Å². The summed E-state index contributed by atoms with van der Waals surface area (Å²) in [6.45, 7) is 7.39. The number of ether oxygens (including phenoxy) is 1. The molecule has 5 heteroatoms. The first-order valence-electron chi connectivity index (χ1n) is 7.50. The van der Waals surface area contributed by atoms with E-state index < -0.39 is 0 Å². The van der Waals surface area contributed by atoms with Crippen LogP contribution in [0.15, 0.2) is 0 Å². The predicted molar refractivity (Wildman–Crippen MR) is 74.7 cm³/mol. The minimum atomic E-state index is 0.157. The number of nitrogens with two attached hydrogens (primary N) is 1. The molecule has 1 saturated heterocycles. The van der Waals surface area contributed by atoms with E-state index in [0.717, 1.165) is 58.7 Å². The zero-order valence-corrected chi connectivity index (χ0v) is 11.9. The van der Waals surface area contributed by atoms with E-state index in [1.54, 1.807) is 0 Å². The van der Waals surface area contributed by atoms with Gasteiger partial charge in [0.05, 0.1) is 13.2 Å². The Bertz CT molecular complexity index is 292. The van der Waals surface area contributed by atoms with Crippen molar-refractivity contribution in [3.05, 3.63) is 0 Å². The number of rotatable bonds is 4. The lowest BCUT2D eigenvalue weighted by atomic mass is 9.78. The van der Waals surface area contributed by atoms with Crippen LogP contribution in [0.1, 0.15) is 26.2 Å².